The molecule has 4 N–H and O–H groups in total. The zero-order chi connectivity index (χ0) is 14.3. The normalized spacial score (nSPS) is 11.1. The molecule has 7 heteroatoms. The van der Waals surface area contributed by atoms with Crippen LogP contribution in [0.25, 0.3) is 0 Å². The minimum absolute atomic E-state index is 0.446. The SMILES string of the molecule is CCCN=C(NN)Nc1cc(Cl)c(OC)cc1OC. The average Bonchev–Trinajstić information content (AvgIpc) is 2.43. The minimum Gasteiger partial charge on any atom is -0.495 e. The standard InChI is InChI=1S/C12H19ClN4O2/c1-4-5-15-12(17-14)16-9-6-8(13)10(18-2)7-11(9)19-3/h6-7H,4-5,14H2,1-3H3,(H2,15,16,17). The molecule has 0 saturated heterocycles. The summed E-state index contributed by atoms with van der Waals surface area (Å²) in [4.78, 5) is 4.24. The molecule has 19 heavy (non-hydrogen) atoms. The van der Waals surface area contributed by atoms with Crippen LogP contribution in [0.1, 0.15) is 13.3 Å². The first-order valence-electron chi connectivity index (χ1n) is 5.85. The van der Waals surface area contributed by atoms with Gasteiger partial charge < -0.3 is 14.8 Å². The van der Waals surface area contributed by atoms with Crippen molar-refractivity contribution >= 4 is 23.2 Å². The number of nitrogens with one attached hydrogen (secondary N) is 2. The number of hydrogen-bond donors (Lipinski definition) is 3. The van der Waals surface area contributed by atoms with Gasteiger partial charge in [-0.2, -0.15) is 0 Å². The molecule has 1 aromatic rings. The second-order valence-corrected chi connectivity index (χ2v) is 4.09. The Morgan fingerprint density at radius 2 is 2.00 bits per heavy atom. The number of guanidine groups is 1. The van der Waals surface area contributed by atoms with Crippen molar-refractivity contribution in [3.05, 3.63) is 17.2 Å². The molecular weight excluding hydrogens is 268 g/mol. The molecule has 0 atom stereocenters. The Hall–Kier alpha value is -1.66. The number of nitrogens with two attached hydrogens (primary N) is 1. The molecule has 0 aliphatic rings. The topological polar surface area (TPSA) is 80.9 Å². The number of benzene rings is 1. The Kier molecular flexibility index (Phi) is 6.24. The number of methoxy groups -OCH3 is 2. The van der Waals surface area contributed by atoms with Crippen molar-refractivity contribution in [2.45, 2.75) is 13.3 Å². The highest BCUT2D eigenvalue weighted by Crippen LogP contribution is 2.35. The van der Waals surface area contributed by atoms with Gasteiger partial charge >= 0.3 is 0 Å². The van der Waals surface area contributed by atoms with E-state index in [1.165, 1.54) is 0 Å². The van der Waals surface area contributed by atoms with Gasteiger partial charge in [0, 0.05) is 12.6 Å². The summed E-state index contributed by atoms with van der Waals surface area (Å²) in [5.41, 5.74) is 3.15. The fourth-order valence-electron chi connectivity index (χ4n) is 1.43. The van der Waals surface area contributed by atoms with E-state index < -0.39 is 0 Å². The second-order valence-electron chi connectivity index (χ2n) is 3.69. The molecule has 106 valence electrons. The highest BCUT2D eigenvalue weighted by molar-refractivity contribution is 6.32. The number of anilines is 1. The molecule has 6 nitrogen and oxygen atoms in total. The maximum absolute atomic E-state index is 6.08. The highest BCUT2D eigenvalue weighted by Gasteiger charge is 2.11. The Bertz CT molecular complexity index is 452. The van der Waals surface area contributed by atoms with E-state index >= 15 is 0 Å². The number of halogens is 1. The second kappa shape index (κ2) is 7.70. The summed E-state index contributed by atoms with van der Waals surface area (Å²) in [6.45, 7) is 2.70. The van der Waals surface area contributed by atoms with Gasteiger partial charge in [0.05, 0.1) is 24.9 Å². The van der Waals surface area contributed by atoms with Gasteiger partial charge in [0.2, 0.25) is 5.96 Å². The maximum Gasteiger partial charge on any atom is 0.210 e. The molecule has 0 saturated carbocycles. The lowest BCUT2D eigenvalue weighted by Gasteiger charge is -2.14. The van der Waals surface area contributed by atoms with Crippen LogP contribution in [0.15, 0.2) is 17.1 Å². The fraction of sp³-hybridized carbons (Fsp3) is 0.417. The van der Waals surface area contributed by atoms with Crippen molar-refractivity contribution in [1.82, 2.24) is 5.43 Å². The number of aliphatic imine (C=N–C) groups is 1. The fourth-order valence-corrected chi connectivity index (χ4v) is 1.67. The van der Waals surface area contributed by atoms with E-state index in [0.29, 0.717) is 34.7 Å². The zero-order valence-electron chi connectivity index (χ0n) is 11.3. The van der Waals surface area contributed by atoms with E-state index in [9.17, 15) is 0 Å². The van der Waals surface area contributed by atoms with E-state index in [0.717, 1.165) is 6.42 Å². The van der Waals surface area contributed by atoms with Crippen LogP contribution in [0, 0.1) is 0 Å². The van der Waals surface area contributed by atoms with Gasteiger partial charge in [0.15, 0.2) is 0 Å². The number of hydrogen-bond acceptors (Lipinski definition) is 4. The van der Waals surface area contributed by atoms with Crippen LogP contribution >= 0.6 is 11.6 Å². The molecule has 0 fully saturated rings. The van der Waals surface area contributed by atoms with Crippen LogP contribution in [0.3, 0.4) is 0 Å². The Morgan fingerprint density at radius 3 is 2.53 bits per heavy atom. The number of rotatable bonds is 5. The van der Waals surface area contributed by atoms with Crippen molar-refractivity contribution in [1.29, 1.82) is 0 Å². The number of ether oxygens (including phenoxy) is 2. The van der Waals surface area contributed by atoms with Crippen molar-refractivity contribution in [2.24, 2.45) is 10.8 Å². The quantitative estimate of drug-likeness (QED) is 0.334. The van der Waals surface area contributed by atoms with Gasteiger partial charge in [-0.05, 0) is 12.5 Å². The van der Waals surface area contributed by atoms with Crippen molar-refractivity contribution in [2.75, 3.05) is 26.1 Å². The van der Waals surface area contributed by atoms with E-state index in [1.807, 2.05) is 6.92 Å². The molecule has 0 bridgehead atoms. The Balaban J connectivity index is 3.02. The smallest absolute Gasteiger partial charge is 0.210 e. The Labute approximate surface area is 117 Å². The third-order valence-corrected chi connectivity index (χ3v) is 2.65. The summed E-state index contributed by atoms with van der Waals surface area (Å²) in [7, 11) is 3.11. The lowest BCUT2D eigenvalue weighted by atomic mass is 10.2. The lowest BCUT2D eigenvalue weighted by Crippen LogP contribution is -2.36. The summed E-state index contributed by atoms with van der Waals surface area (Å²) in [5.74, 6) is 6.97. The zero-order valence-corrected chi connectivity index (χ0v) is 12.0. The molecule has 1 rings (SSSR count). The minimum atomic E-state index is 0.446. The molecule has 0 heterocycles. The van der Waals surface area contributed by atoms with Crippen LogP contribution in [0.5, 0.6) is 11.5 Å². The van der Waals surface area contributed by atoms with E-state index in [2.05, 4.69) is 15.7 Å². The first-order chi connectivity index (χ1) is 9.15. The van der Waals surface area contributed by atoms with Gasteiger partial charge in [0.25, 0.3) is 0 Å². The molecule has 0 aromatic heterocycles. The molecule has 1 aromatic carbocycles. The van der Waals surface area contributed by atoms with Crippen molar-refractivity contribution in [3.63, 3.8) is 0 Å². The molecule has 0 amide bonds. The van der Waals surface area contributed by atoms with Crippen molar-refractivity contribution < 1.29 is 9.47 Å². The third kappa shape index (κ3) is 4.18. The molecular formula is C12H19ClN4O2. The van der Waals surface area contributed by atoms with Gasteiger partial charge in [-0.25, -0.2) is 5.84 Å². The van der Waals surface area contributed by atoms with Crippen LogP contribution in [0.2, 0.25) is 5.02 Å². The van der Waals surface area contributed by atoms with Gasteiger partial charge in [-0.1, -0.05) is 18.5 Å². The summed E-state index contributed by atoms with van der Waals surface area (Å²) in [5, 5.41) is 3.49. The molecule has 0 aliphatic carbocycles. The summed E-state index contributed by atoms with van der Waals surface area (Å²) >= 11 is 6.08. The third-order valence-electron chi connectivity index (χ3n) is 2.36. The van der Waals surface area contributed by atoms with Crippen LogP contribution < -0.4 is 26.1 Å². The average molecular weight is 287 g/mol. The first kappa shape index (κ1) is 15.4. The molecule has 0 radical (unpaired) electrons. The highest BCUT2D eigenvalue weighted by atomic mass is 35.5. The van der Waals surface area contributed by atoms with Gasteiger partial charge in [-0.15, -0.1) is 0 Å². The lowest BCUT2D eigenvalue weighted by molar-refractivity contribution is 0.396. The largest absolute Gasteiger partial charge is 0.495 e. The first-order valence-corrected chi connectivity index (χ1v) is 6.23. The predicted molar refractivity (Wildman–Crippen MR) is 78.1 cm³/mol. The van der Waals surface area contributed by atoms with E-state index in [-0.39, 0.29) is 0 Å². The molecule has 0 spiro atoms. The predicted octanol–water partition coefficient (Wildman–Crippen LogP) is 2.00. The van der Waals surface area contributed by atoms with Gasteiger partial charge in [0.1, 0.15) is 11.5 Å². The molecule has 0 aliphatic heterocycles. The summed E-state index contributed by atoms with van der Waals surface area (Å²) in [6, 6.07) is 3.39. The van der Waals surface area contributed by atoms with Crippen LogP contribution in [-0.4, -0.2) is 26.7 Å². The van der Waals surface area contributed by atoms with Crippen molar-refractivity contribution in [3.8, 4) is 11.5 Å². The number of hydrazine groups is 1. The maximum atomic E-state index is 6.08. The van der Waals surface area contributed by atoms with Crippen LogP contribution in [-0.2, 0) is 0 Å². The molecule has 0 unspecified atom stereocenters. The van der Waals surface area contributed by atoms with Crippen LogP contribution in [0.4, 0.5) is 5.69 Å². The summed E-state index contributed by atoms with van der Waals surface area (Å²) < 4.78 is 10.4. The van der Waals surface area contributed by atoms with E-state index in [4.69, 9.17) is 26.9 Å². The summed E-state index contributed by atoms with van der Waals surface area (Å²) in [6.07, 6.45) is 0.924. The Morgan fingerprint density at radius 1 is 1.32 bits per heavy atom. The van der Waals surface area contributed by atoms with E-state index in [1.54, 1.807) is 26.4 Å². The monoisotopic (exact) mass is 286 g/mol. The van der Waals surface area contributed by atoms with Gasteiger partial charge in [-0.3, -0.25) is 10.4 Å². The number of nitrogens with zero attached hydrogens (tertiary/aromatic N) is 1.